The molecule has 144 valence electrons. The lowest BCUT2D eigenvalue weighted by molar-refractivity contribution is -0.118. The summed E-state index contributed by atoms with van der Waals surface area (Å²) in [5.41, 5.74) is 8.23. The molecule has 0 radical (unpaired) electrons. The van der Waals surface area contributed by atoms with E-state index in [9.17, 15) is 9.59 Å². The third kappa shape index (κ3) is 4.52. The van der Waals surface area contributed by atoms with Gasteiger partial charge in [0.25, 0.3) is 11.8 Å². The van der Waals surface area contributed by atoms with E-state index in [2.05, 4.69) is 35.1 Å². The van der Waals surface area contributed by atoms with E-state index in [1.165, 1.54) is 16.9 Å². The summed E-state index contributed by atoms with van der Waals surface area (Å²) in [6, 6.07) is 5.79. The Morgan fingerprint density at radius 1 is 1.41 bits per heavy atom. The Labute approximate surface area is 171 Å². The minimum absolute atomic E-state index is 0.138. The molecule has 0 aliphatic heterocycles. The molecule has 0 saturated carbocycles. The molecule has 1 aliphatic carbocycles. The van der Waals surface area contributed by atoms with Gasteiger partial charge in [-0.25, -0.2) is 0 Å². The number of anilines is 1. The number of primary amides is 1. The van der Waals surface area contributed by atoms with Crippen molar-refractivity contribution in [2.45, 2.75) is 39.5 Å². The molecule has 3 N–H and O–H groups in total. The minimum Gasteiger partial charge on any atom is -0.483 e. The molecule has 2 amide bonds. The molecule has 3 rings (SSSR count). The summed E-state index contributed by atoms with van der Waals surface area (Å²) >= 11 is 4.92. The zero-order chi connectivity index (χ0) is 19.6. The van der Waals surface area contributed by atoms with Gasteiger partial charge in [0.2, 0.25) is 0 Å². The largest absolute Gasteiger partial charge is 0.483 e. The van der Waals surface area contributed by atoms with Crippen LogP contribution in [0.5, 0.6) is 5.75 Å². The van der Waals surface area contributed by atoms with E-state index in [-0.39, 0.29) is 12.5 Å². The average molecular weight is 451 g/mol. The number of ether oxygens (including phenoxy) is 1. The molecular formula is C20H23BrN2O3S. The molecule has 2 aromatic rings. The van der Waals surface area contributed by atoms with Crippen molar-refractivity contribution in [3.05, 3.63) is 44.2 Å². The number of fused-ring (bicyclic) bond motifs is 1. The Bertz CT molecular complexity index is 878. The Morgan fingerprint density at radius 3 is 2.85 bits per heavy atom. The summed E-state index contributed by atoms with van der Waals surface area (Å²) in [6.45, 7) is 4.13. The molecule has 0 bridgehead atoms. The van der Waals surface area contributed by atoms with Crippen LogP contribution in [0.4, 0.5) is 5.00 Å². The quantitative estimate of drug-likeness (QED) is 0.687. The van der Waals surface area contributed by atoms with E-state index in [1.807, 2.05) is 18.2 Å². The molecule has 1 heterocycles. The van der Waals surface area contributed by atoms with Crippen molar-refractivity contribution in [2.24, 2.45) is 11.7 Å². The van der Waals surface area contributed by atoms with Crippen molar-refractivity contribution >= 4 is 44.1 Å². The minimum atomic E-state index is -0.490. The predicted octanol–water partition coefficient (Wildman–Crippen LogP) is 4.31. The monoisotopic (exact) mass is 450 g/mol. The first-order chi connectivity index (χ1) is 12.9. The van der Waals surface area contributed by atoms with Crippen LogP contribution in [-0.4, -0.2) is 18.4 Å². The number of hydrogen-bond donors (Lipinski definition) is 2. The SMILES string of the molecule is CCc1ccc(OCC(=O)Nc2sc3c(c2C(N)=O)CCC(C)C3)c(Br)c1. The first kappa shape index (κ1) is 19.9. The number of benzene rings is 1. The topological polar surface area (TPSA) is 81.4 Å². The molecule has 1 aromatic heterocycles. The highest BCUT2D eigenvalue weighted by Crippen LogP contribution is 2.39. The second-order valence-electron chi connectivity index (χ2n) is 6.88. The molecule has 0 saturated heterocycles. The molecule has 1 atom stereocenters. The van der Waals surface area contributed by atoms with Crippen LogP contribution in [0.25, 0.3) is 0 Å². The third-order valence-corrected chi connectivity index (χ3v) is 6.56. The summed E-state index contributed by atoms with van der Waals surface area (Å²) < 4.78 is 6.43. The van der Waals surface area contributed by atoms with E-state index >= 15 is 0 Å². The van der Waals surface area contributed by atoms with Gasteiger partial charge in [0.05, 0.1) is 10.0 Å². The predicted molar refractivity (Wildman–Crippen MR) is 112 cm³/mol. The smallest absolute Gasteiger partial charge is 0.262 e. The number of halogens is 1. The molecule has 0 spiro atoms. The Kier molecular flexibility index (Phi) is 6.22. The van der Waals surface area contributed by atoms with Crippen LogP contribution in [0, 0.1) is 5.92 Å². The van der Waals surface area contributed by atoms with Gasteiger partial charge in [-0.2, -0.15) is 0 Å². The number of aryl methyl sites for hydroxylation is 1. The summed E-state index contributed by atoms with van der Waals surface area (Å²) in [7, 11) is 0. The van der Waals surface area contributed by atoms with Crippen LogP contribution < -0.4 is 15.8 Å². The molecule has 27 heavy (non-hydrogen) atoms. The van der Waals surface area contributed by atoms with E-state index in [4.69, 9.17) is 10.5 Å². The van der Waals surface area contributed by atoms with Gasteiger partial charge < -0.3 is 15.8 Å². The van der Waals surface area contributed by atoms with Gasteiger partial charge in [-0.15, -0.1) is 11.3 Å². The van der Waals surface area contributed by atoms with Crippen molar-refractivity contribution in [2.75, 3.05) is 11.9 Å². The van der Waals surface area contributed by atoms with Crippen molar-refractivity contribution in [3.8, 4) is 5.75 Å². The lowest BCUT2D eigenvalue weighted by Gasteiger charge is -2.18. The lowest BCUT2D eigenvalue weighted by atomic mass is 9.88. The Hall–Kier alpha value is -1.86. The van der Waals surface area contributed by atoms with E-state index < -0.39 is 5.91 Å². The van der Waals surface area contributed by atoms with Crippen molar-refractivity contribution in [1.82, 2.24) is 0 Å². The van der Waals surface area contributed by atoms with Gasteiger partial charge in [-0.1, -0.05) is 19.9 Å². The van der Waals surface area contributed by atoms with Gasteiger partial charge in [0.15, 0.2) is 6.61 Å². The highest BCUT2D eigenvalue weighted by molar-refractivity contribution is 9.10. The summed E-state index contributed by atoms with van der Waals surface area (Å²) in [5.74, 6) is 0.385. The van der Waals surface area contributed by atoms with Crippen molar-refractivity contribution in [3.63, 3.8) is 0 Å². The Morgan fingerprint density at radius 2 is 2.19 bits per heavy atom. The van der Waals surface area contributed by atoms with Gasteiger partial charge in [0, 0.05) is 4.88 Å². The zero-order valence-electron chi connectivity index (χ0n) is 15.4. The number of carbonyl (C=O) groups is 2. The average Bonchev–Trinajstić information content (AvgIpc) is 2.97. The summed E-state index contributed by atoms with van der Waals surface area (Å²) in [5, 5.41) is 3.35. The third-order valence-electron chi connectivity index (χ3n) is 4.77. The number of hydrogen-bond acceptors (Lipinski definition) is 4. The fraction of sp³-hybridized carbons (Fsp3) is 0.400. The van der Waals surface area contributed by atoms with Crippen LogP contribution in [0.2, 0.25) is 0 Å². The molecule has 1 aliphatic rings. The maximum Gasteiger partial charge on any atom is 0.262 e. The van der Waals surface area contributed by atoms with Crippen LogP contribution in [0.15, 0.2) is 22.7 Å². The number of thiophene rings is 1. The lowest BCUT2D eigenvalue weighted by Crippen LogP contribution is -2.22. The standard InChI is InChI=1S/C20H23BrN2O3S/c1-3-12-5-7-15(14(21)9-12)26-10-17(24)23-20-18(19(22)25)13-6-4-11(2)8-16(13)27-20/h5,7,9,11H,3-4,6,8,10H2,1-2H3,(H2,22,25)(H,23,24). The van der Waals surface area contributed by atoms with Gasteiger partial charge in [-0.3, -0.25) is 9.59 Å². The van der Waals surface area contributed by atoms with Crippen molar-refractivity contribution < 1.29 is 14.3 Å². The molecule has 5 nitrogen and oxygen atoms in total. The van der Waals surface area contributed by atoms with Crippen molar-refractivity contribution in [1.29, 1.82) is 0 Å². The van der Waals surface area contributed by atoms with E-state index in [1.54, 1.807) is 0 Å². The molecule has 1 unspecified atom stereocenters. The fourth-order valence-corrected chi connectivity index (χ4v) is 5.26. The van der Waals surface area contributed by atoms with E-state index in [0.717, 1.165) is 40.6 Å². The summed E-state index contributed by atoms with van der Waals surface area (Å²) in [6.07, 6.45) is 3.71. The van der Waals surface area contributed by atoms with Crippen LogP contribution in [0.3, 0.4) is 0 Å². The molecular weight excluding hydrogens is 428 g/mol. The molecule has 1 aromatic carbocycles. The zero-order valence-corrected chi connectivity index (χ0v) is 17.8. The Balaban J connectivity index is 1.70. The first-order valence-electron chi connectivity index (χ1n) is 9.04. The van der Waals surface area contributed by atoms with E-state index in [0.29, 0.717) is 22.2 Å². The van der Waals surface area contributed by atoms with Crippen LogP contribution in [0.1, 0.15) is 46.6 Å². The second kappa shape index (κ2) is 8.44. The highest BCUT2D eigenvalue weighted by atomic mass is 79.9. The normalized spacial score (nSPS) is 15.9. The first-order valence-corrected chi connectivity index (χ1v) is 10.6. The maximum absolute atomic E-state index is 12.4. The summed E-state index contributed by atoms with van der Waals surface area (Å²) in [4.78, 5) is 25.5. The number of carbonyl (C=O) groups excluding carboxylic acids is 2. The molecule has 7 heteroatoms. The highest BCUT2D eigenvalue weighted by Gasteiger charge is 2.27. The van der Waals surface area contributed by atoms with Gasteiger partial charge in [0.1, 0.15) is 10.8 Å². The van der Waals surface area contributed by atoms with Crippen LogP contribution >= 0.6 is 27.3 Å². The fourth-order valence-electron chi connectivity index (χ4n) is 3.29. The van der Waals surface area contributed by atoms with Gasteiger partial charge in [-0.05, 0) is 70.8 Å². The maximum atomic E-state index is 12.4. The number of amides is 2. The number of nitrogens with one attached hydrogen (secondary N) is 1. The van der Waals surface area contributed by atoms with Crippen LogP contribution in [-0.2, 0) is 24.1 Å². The second-order valence-corrected chi connectivity index (χ2v) is 8.83. The molecule has 0 fully saturated rings. The number of nitrogens with two attached hydrogens (primary N) is 1. The number of rotatable bonds is 6. The van der Waals surface area contributed by atoms with Gasteiger partial charge >= 0.3 is 0 Å².